The molecule has 4 heterocycles. The molecule has 0 aliphatic carbocycles. The predicted octanol–water partition coefficient (Wildman–Crippen LogP) is 5.07. The van der Waals surface area contributed by atoms with E-state index in [0.29, 0.717) is 42.3 Å². The summed E-state index contributed by atoms with van der Waals surface area (Å²) in [4.78, 5) is 30.1. The van der Waals surface area contributed by atoms with Gasteiger partial charge in [-0.2, -0.15) is 0 Å². The van der Waals surface area contributed by atoms with Gasteiger partial charge in [-0.1, -0.05) is 30.3 Å². The SMILES string of the molecule is NC1CCN(c2c(F)cc3c(=O)c(C(=O)NCCC4=CCCS4)cn4c3c2Oc2cc3ccccc3cc2-4)C1. The molecule has 7 rings (SSSR count). The molecule has 39 heavy (non-hydrogen) atoms. The van der Waals surface area contributed by atoms with Gasteiger partial charge in [0.2, 0.25) is 5.43 Å². The number of hydrogen-bond donors (Lipinski definition) is 2. The number of fused-ring (bicyclic) bond motifs is 3. The van der Waals surface area contributed by atoms with Crippen LogP contribution in [0.25, 0.3) is 27.4 Å². The van der Waals surface area contributed by atoms with Crippen molar-refractivity contribution in [3.8, 4) is 17.2 Å². The quantitative estimate of drug-likeness (QED) is 0.323. The first kappa shape index (κ1) is 24.2. The number of thioether (sulfide) groups is 1. The van der Waals surface area contributed by atoms with Crippen LogP contribution in [0.4, 0.5) is 10.1 Å². The largest absolute Gasteiger partial charge is 0.451 e. The Hall–Kier alpha value is -3.82. The van der Waals surface area contributed by atoms with Crippen LogP contribution < -0.4 is 26.1 Å². The first-order chi connectivity index (χ1) is 19.0. The minimum Gasteiger partial charge on any atom is -0.451 e. The molecule has 3 aliphatic rings. The first-order valence-electron chi connectivity index (χ1n) is 13.2. The number of nitrogens with one attached hydrogen (secondary N) is 1. The third-order valence-corrected chi connectivity index (χ3v) is 8.87. The van der Waals surface area contributed by atoms with E-state index in [4.69, 9.17) is 10.5 Å². The maximum atomic E-state index is 15.8. The Morgan fingerprint density at radius 1 is 1.21 bits per heavy atom. The molecule has 9 heteroatoms. The maximum Gasteiger partial charge on any atom is 0.256 e. The van der Waals surface area contributed by atoms with Crippen LogP contribution in [0.3, 0.4) is 0 Å². The van der Waals surface area contributed by atoms with Crippen LogP contribution in [-0.4, -0.2) is 41.9 Å². The summed E-state index contributed by atoms with van der Waals surface area (Å²) in [5, 5.41) is 4.95. The molecule has 1 aromatic heterocycles. The number of aromatic nitrogens is 1. The van der Waals surface area contributed by atoms with Gasteiger partial charge in [0.25, 0.3) is 5.91 Å². The second-order valence-corrected chi connectivity index (χ2v) is 11.5. The molecule has 0 saturated carbocycles. The van der Waals surface area contributed by atoms with E-state index in [0.717, 1.165) is 35.8 Å². The molecule has 198 valence electrons. The van der Waals surface area contributed by atoms with E-state index in [2.05, 4.69) is 11.4 Å². The molecule has 3 aromatic carbocycles. The standard InChI is InChI=1S/C30H27FN4O3S/c31-23-14-21-26-29(27(23)34-10-8-19(32)15-34)38-25-13-18-5-2-1-4-17(18)12-24(25)35(26)16-22(28(21)36)30(37)33-9-7-20-6-3-11-39-20/h1-2,4-6,12-14,16,19H,3,7-11,15,32H2,(H,33,37). The normalized spacial score (nSPS) is 17.8. The van der Waals surface area contributed by atoms with Gasteiger partial charge in [0.15, 0.2) is 17.3 Å². The highest BCUT2D eigenvalue weighted by Gasteiger charge is 2.33. The Balaban J connectivity index is 1.41. The number of amides is 1. The van der Waals surface area contributed by atoms with Gasteiger partial charge in [0, 0.05) is 37.6 Å². The second kappa shape index (κ2) is 9.43. The number of carbonyl (C=O) groups excluding carboxylic acids is 1. The van der Waals surface area contributed by atoms with Crippen LogP contribution in [0.5, 0.6) is 11.5 Å². The summed E-state index contributed by atoms with van der Waals surface area (Å²) in [6, 6.07) is 12.9. The molecule has 0 bridgehead atoms. The number of nitrogens with zero attached hydrogens (tertiary/aromatic N) is 2. The number of rotatable bonds is 5. The lowest BCUT2D eigenvalue weighted by Crippen LogP contribution is -2.31. The van der Waals surface area contributed by atoms with Crippen molar-refractivity contribution in [2.24, 2.45) is 5.73 Å². The number of anilines is 1. The lowest BCUT2D eigenvalue weighted by molar-refractivity contribution is 0.0953. The van der Waals surface area contributed by atoms with Crippen LogP contribution in [-0.2, 0) is 0 Å². The monoisotopic (exact) mass is 542 g/mol. The number of allylic oxidation sites excluding steroid dienone is 1. The maximum absolute atomic E-state index is 15.8. The van der Waals surface area contributed by atoms with Gasteiger partial charge in [0.1, 0.15) is 16.8 Å². The molecule has 0 spiro atoms. The van der Waals surface area contributed by atoms with E-state index < -0.39 is 17.2 Å². The summed E-state index contributed by atoms with van der Waals surface area (Å²) >= 11 is 1.79. The highest BCUT2D eigenvalue weighted by atomic mass is 32.2. The van der Waals surface area contributed by atoms with Gasteiger partial charge in [-0.05, 0) is 53.1 Å². The Bertz CT molecular complexity index is 1770. The molecular weight excluding hydrogens is 515 g/mol. The van der Waals surface area contributed by atoms with Crippen molar-refractivity contribution in [1.29, 1.82) is 0 Å². The lowest BCUT2D eigenvalue weighted by Gasteiger charge is -2.29. The number of halogens is 1. The lowest BCUT2D eigenvalue weighted by atomic mass is 10.0. The summed E-state index contributed by atoms with van der Waals surface area (Å²) in [6.45, 7) is 1.50. The Morgan fingerprint density at radius 2 is 2.03 bits per heavy atom. The van der Waals surface area contributed by atoms with Crippen molar-refractivity contribution in [3.05, 3.63) is 81.2 Å². The molecule has 7 nitrogen and oxygen atoms in total. The van der Waals surface area contributed by atoms with Crippen LogP contribution in [0.15, 0.2) is 64.4 Å². The van der Waals surface area contributed by atoms with E-state index in [1.54, 1.807) is 22.5 Å². The van der Waals surface area contributed by atoms with Crippen LogP contribution in [0, 0.1) is 5.82 Å². The highest BCUT2D eigenvalue weighted by molar-refractivity contribution is 8.03. The summed E-state index contributed by atoms with van der Waals surface area (Å²) < 4.78 is 24.0. The molecule has 1 saturated heterocycles. The van der Waals surface area contributed by atoms with Crippen molar-refractivity contribution < 1.29 is 13.9 Å². The van der Waals surface area contributed by atoms with Gasteiger partial charge in [-0.25, -0.2) is 4.39 Å². The summed E-state index contributed by atoms with van der Waals surface area (Å²) in [6.07, 6.45) is 6.25. The Labute approximate surface area is 228 Å². The summed E-state index contributed by atoms with van der Waals surface area (Å²) in [7, 11) is 0. The van der Waals surface area contributed by atoms with Gasteiger partial charge >= 0.3 is 0 Å². The number of carbonyl (C=O) groups is 1. The summed E-state index contributed by atoms with van der Waals surface area (Å²) in [5.74, 6) is 0.824. The number of pyridine rings is 1. The molecule has 1 unspecified atom stereocenters. The first-order valence-corrected chi connectivity index (χ1v) is 14.2. The third-order valence-electron chi connectivity index (χ3n) is 7.69. The molecule has 1 atom stereocenters. The molecule has 4 aromatic rings. The predicted molar refractivity (Wildman–Crippen MR) is 154 cm³/mol. The molecule has 1 amide bonds. The van der Waals surface area contributed by atoms with E-state index in [-0.39, 0.29) is 22.7 Å². The second-order valence-electron chi connectivity index (χ2n) is 10.3. The van der Waals surface area contributed by atoms with Gasteiger partial charge < -0.3 is 25.3 Å². The van der Waals surface area contributed by atoms with Crippen LogP contribution in [0.2, 0.25) is 0 Å². The van der Waals surface area contributed by atoms with Crippen molar-refractivity contribution in [2.75, 3.05) is 30.3 Å². The smallest absolute Gasteiger partial charge is 0.256 e. The fourth-order valence-electron chi connectivity index (χ4n) is 5.77. The number of ether oxygens (including phenoxy) is 1. The van der Waals surface area contributed by atoms with Crippen molar-refractivity contribution >= 4 is 45.0 Å². The Morgan fingerprint density at radius 3 is 2.77 bits per heavy atom. The molecule has 3 N–H and O–H groups in total. The van der Waals surface area contributed by atoms with E-state index in [9.17, 15) is 9.59 Å². The molecular formula is C30H27FN4O3S. The fraction of sp³-hybridized carbons (Fsp3) is 0.267. The van der Waals surface area contributed by atoms with E-state index in [1.807, 2.05) is 41.3 Å². The third kappa shape index (κ3) is 4.08. The minimum atomic E-state index is -0.567. The van der Waals surface area contributed by atoms with Crippen LogP contribution >= 0.6 is 11.8 Å². The van der Waals surface area contributed by atoms with E-state index >= 15 is 4.39 Å². The number of nitrogens with two attached hydrogens (primary N) is 1. The molecule has 3 aliphatic heterocycles. The highest BCUT2D eigenvalue weighted by Crippen LogP contribution is 2.48. The summed E-state index contributed by atoms with van der Waals surface area (Å²) in [5.41, 5.74) is 7.02. The van der Waals surface area contributed by atoms with Crippen LogP contribution in [0.1, 0.15) is 29.6 Å². The average Bonchev–Trinajstić information content (AvgIpc) is 3.60. The van der Waals surface area contributed by atoms with E-state index in [1.165, 1.54) is 11.0 Å². The zero-order valence-corrected chi connectivity index (χ0v) is 22.0. The fourth-order valence-corrected chi connectivity index (χ4v) is 6.75. The average molecular weight is 543 g/mol. The van der Waals surface area contributed by atoms with Gasteiger partial charge in [0.05, 0.1) is 11.1 Å². The van der Waals surface area contributed by atoms with Gasteiger partial charge in [-0.3, -0.25) is 9.59 Å². The zero-order chi connectivity index (χ0) is 26.7. The topological polar surface area (TPSA) is 89.6 Å². The number of benzene rings is 3. The molecule has 0 radical (unpaired) electrons. The van der Waals surface area contributed by atoms with Crippen molar-refractivity contribution in [1.82, 2.24) is 9.88 Å². The molecule has 1 fully saturated rings. The Kier molecular flexibility index (Phi) is 5.86. The zero-order valence-electron chi connectivity index (χ0n) is 21.2. The number of hydrogen-bond acceptors (Lipinski definition) is 6. The minimum absolute atomic E-state index is 0.0298. The van der Waals surface area contributed by atoms with Gasteiger partial charge in [-0.15, -0.1) is 11.8 Å². The van der Waals surface area contributed by atoms with Crippen molar-refractivity contribution in [2.45, 2.75) is 25.3 Å². The van der Waals surface area contributed by atoms with Crippen molar-refractivity contribution in [3.63, 3.8) is 0 Å².